The highest BCUT2D eigenvalue weighted by atomic mass is 32.2. The smallest absolute Gasteiger partial charge is 0.409 e. The largest absolute Gasteiger partial charge is 0.450 e. The Hall–Kier alpha value is -2.28. The van der Waals surface area contributed by atoms with E-state index in [-0.39, 0.29) is 12.0 Å². The van der Waals surface area contributed by atoms with Crippen molar-refractivity contribution < 1.29 is 14.3 Å². The molecule has 0 saturated carbocycles. The number of piperazine rings is 1. The number of pyridine rings is 1. The quantitative estimate of drug-likeness (QED) is 0.786. The number of carbonyl (C=O) groups excluding carboxylic acids is 2. The molecule has 3 rings (SSSR count). The van der Waals surface area contributed by atoms with Gasteiger partial charge in [0.05, 0.1) is 22.9 Å². The lowest BCUT2D eigenvalue weighted by Gasteiger charge is -2.34. The maximum atomic E-state index is 12.4. The third-order valence-electron chi connectivity index (χ3n) is 4.07. The molecule has 0 spiro atoms. The number of nitrogens with zero attached hydrogens (tertiary/aromatic N) is 3. The van der Waals surface area contributed by atoms with Crippen LogP contribution in [0.4, 0.5) is 4.79 Å². The molecule has 1 saturated heterocycles. The minimum atomic E-state index is -0.302. The predicted octanol–water partition coefficient (Wildman–Crippen LogP) is 2.63. The number of amides is 2. The number of ether oxygens (including phenoxy) is 1. The van der Waals surface area contributed by atoms with Gasteiger partial charge in [-0.15, -0.1) is 0 Å². The molecule has 1 fully saturated rings. The van der Waals surface area contributed by atoms with Crippen molar-refractivity contribution in [3.8, 4) is 0 Å². The van der Waals surface area contributed by atoms with Crippen molar-refractivity contribution in [3.05, 3.63) is 36.4 Å². The van der Waals surface area contributed by atoms with Crippen LogP contribution in [0.5, 0.6) is 0 Å². The summed E-state index contributed by atoms with van der Waals surface area (Å²) >= 11 is 1.44. The van der Waals surface area contributed by atoms with Gasteiger partial charge in [-0.1, -0.05) is 36.0 Å². The van der Waals surface area contributed by atoms with Crippen molar-refractivity contribution in [3.63, 3.8) is 0 Å². The SMILES string of the molecule is CCOC(=O)N1CCN(C(=O)CSc2ccc3ccccc3n2)CC1. The number of hydrogen-bond donors (Lipinski definition) is 0. The van der Waals surface area contributed by atoms with Gasteiger partial charge in [0.1, 0.15) is 0 Å². The number of carbonyl (C=O) groups is 2. The minimum Gasteiger partial charge on any atom is -0.450 e. The Morgan fingerprint density at radius 1 is 1.08 bits per heavy atom. The lowest BCUT2D eigenvalue weighted by molar-refractivity contribution is -0.129. The maximum Gasteiger partial charge on any atom is 0.409 e. The van der Waals surface area contributed by atoms with Gasteiger partial charge in [-0.25, -0.2) is 9.78 Å². The molecule has 0 radical (unpaired) electrons. The van der Waals surface area contributed by atoms with E-state index in [0.29, 0.717) is 38.5 Å². The van der Waals surface area contributed by atoms with Crippen LogP contribution in [0.25, 0.3) is 10.9 Å². The second-order valence-electron chi connectivity index (χ2n) is 5.70. The highest BCUT2D eigenvalue weighted by Crippen LogP contribution is 2.20. The number of fused-ring (bicyclic) bond motifs is 1. The summed E-state index contributed by atoms with van der Waals surface area (Å²) in [5.41, 5.74) is 0.933. The average Bonchev–Trinajstić information content (AvgIpc) is 2.66. The number of benzene rings is 1. The lowest BCUT2D eigenvalue weighted by Crippen LogP contribution is -2.51. The number of para-hydroxylation sites is 1. The van der Waals surface area contributed by atoms with Gasteiger partial charge in [-0.05, 0) is 19.1 Å². The second-order valence-corrected chi connectivity index (χ2v) is 6.69. The molecular weight excluding hydrogens is 338 g/mol. The Bertz CT molecular complexity index is 760. The van der Waals surface area contributed by atoms with Crippen molar-refractivity contribution in [1.29, 1.82) is 0 Å². The first-order valence-corrected chi connectivity index (χ1v) is 9.34. The van der Waals surface area contributed by atoms with Crippen LogP contribution in [0.2, 0.25) is 0 Å². The summed E-state index contributed by atoms with van der Waals surface area (Å²) in [6.45, 7) is 4.28. The maximum absolute atomic E-state index is 12.4. The van der Waals surface area contributed by atoms with E-state index in [2.05, 4.69) is 4.98 Å². The standard InChI is InChI=1S/C18H21N3O3S/c1-2-24-18(23)21-11-9-20(10-12-21)17(22)13-25-16-8-7-14-5-3-4-6-15(14)19-16/h3-8H,2,9-13H2,1H3. The zero-order valence-corrected chi connectivity index (χ0v) is 15.0. The Balaban J connectivity index is 1.50. The van der Waals surface area contributed by atoms with Gasteiger partial charge < -0.3 is 14.5 Å². The molecule has 7 heteroatoms. The van der Waals surface area contributed by atoms with Crippen molar-refractivity contribution >= 4 is 34.7 Å². The van der Waals surface area contributed by atoms with E-state index in [1.165, 1.54) is 11.8 Å². The molecule has 25 heavy (non-hydrogen) atoms. The first-order valence-electron chi connectivity index (χ1n) is 8.35. The van der Waals surface area contributed by atoms with Crippen molar-refractivity contribution in [2.75, 3.05) is 38.5 Å². The summed E-state index contributed by atoms with van der Waals surface area (Å²) in [5.74, 6) is 0.425. The fourth-order valence-electron chi connectivity index (χ4n) is 2.71. The van der Waals surface area contributed by atoms with Crippen LogP contribution in [-0.2, 0) is 9.53 Å². The van der Waals surface area contributed by atoms with Crippen LogP contribution in [0.1, 0.15) is 6.92 Å². The Kier molecular flexibility index (Phi) is 5.75. The van der Waals surface area contributed by atoms with E-state index in [1.54, 1.807) is 16.7 Å². The summed E-state index contributed by atoms with van der Waals surface area (Å²) in [5, 5.41) is 1.94. The van der Waals surface area contributed by atoms with Crippen LogP contribution < -0.4 is 0 Å². The third-order valence-corrected chi connectivity index (χ3v) is 4.99. The molecule has 0 unspecified atom stereocenters. The van der Waals surface area contributed by atoms with Gasteiger partial charge in [0.2, 0.25) is 5.91 Å². The summed E-state index contributed by atoms with van der Waals surface area (Å²) in [6.07, 6.45) is -0.302. The molecule has 2 heterocycles. The monoisotopic (exact) mass is 359 g/mol. The van der Waals surface area contributed by atoms with E-state index in [0.717, 1.165) is 15.9 Å². The average molecular weight is 359 g/mol. The molecule has 1 aromatic heterocycles. The molecule has 0 aliphatic carbocycles. The number of hydrogen-bond acceptors (Lipinski definition) is 5. The Morgan fingerprint density at radius 3 is 2.56 bits per heavy atom. The second kappa shape index (κ2) is 8.20. The van der Waals surface area contributed by atoms with Crippen molar-refractivity contribution in [2.45, 2.75) is 11.9 Å². The van der Waals surface area contributed by atoms with E-state index in [9.17, 15) is 9.59 Å². The molecular formula is C18H21N3O3S. The number of rotatable bonds is 4. The molecule has 132 valence electrons. The Labute approximate surface area is 151 Å². The van der Waals surface area contributed by atoms with E-state index < -0.39 is 0 Å². The molecule has 6 nitrogen and oxygen atoms in total. The van der Waals surface area contributed by atoms with Gasteiger partial charge in [0, 0.05) is 31.6 Å². The molecule has 1 aliphatic rings. The fourth-order valence-corrected chi connectivity index (χ4v) is 3.49. The highest BCUT2D eigenvalue weighted by Gasteiger charge is 2.24. The van der Waals surface area contributed by atoms with Crippen LogP contribution in [0, 0.1) is 0 Å². The minimum absolute atomic E-state index is 0.0727. The van der Waals surface area contributed by atoms with E-state index >= 15 is 0 Å². The molecule has 0 bridgehead atoms. The summed E-state index contributed by atoms with van der Waals surface area (Å²) in [7, 11) is 0. The van der Waals surface area contributed by atoms with Crippen LogP contribution in [0.15, 0.2) is 41.4 Å². The summed E-state index contributed by atoms with van der Waals surface area (Å²) < 4.78 is 4.99. The van der Waals surface area contributed by atoms with E-state index in [4.69, 9.17) is 4.74 Å². The van der Waals surface area contributed by atoms with Crippen molar-refractivity contribution in [2.24, 2.45) is 0 Å². The van der Waals surface area contributed by atoms with Gasteiger partial charge in [-0.2, -0.15) is 0 Å². The molecule has 0 N–H and O–H groups in total. The first kappa shape index (κ1) is 17.5. The first-order chi connectivity index (χ1) is 12.2. The summed E-state index contributed by atoms with van der Waals surface area (Å²) in [4.78, 5) is 32.1. The summed E-state index contributed by atoms with van der Waals surface area (Å²) in [6, 6.07) is 11.9. The molecule has 2 amide bonds. The highest BCUT2D eigenvalue weighted by molar-refractivity contribution is 7.99. The molecule has 0 atom stereocenters. The topological polar surface area (TPSA) is 62.7 Å². The third kappa shape index (κ3) is 4.42. The van der Waals surface area contributed by atoms with Gasteiger partial charge >= 0.3 is 6.09 Å². The van der Waals surface area contributed by atoms with Crippen LogP contribution >= 0.6 is 11.8 Å². The number of aromatic nitrogens is 1. The van der Waals surface area contributed by atoms with Gasteiger partial charge in [0.15, 0.2) is 0 Å². The van der Waals surface area contributed by atoms with E-state index in [1.807, 2.05) is 36.4 Å². The van der Waals surface area contributed by atoms with Crippen molar-refractivity contribution in [1.82, 2.24) is 14.8 Å². The number of thioether (sulfide) groups is 1. The van der Waals surface area contributed by atoms with Gasteiger partial charge in [0.25, 0.3) is 0 Å². The fraction of sp³-hybridized carbons (Fsp3) is 0.389. The predicted molar refractivity (Wildman–Crippen MR) is 97.6 cm³/mol. The zero-order valence-electron chi connectivity index (χ0n) is 14.2. The lowest BCUT2D eigenvalue weighted by atomic mass is 10.2. The molecule has 2 aromatic rings. The molecule has 1 aromatic carbocycles. The van der Waals surface area contributed by atoms with Gasteiger partial charge in [-0.3, -0.25) is 4.79 Å². The normalized spacial score (nSPS) is 14.6. The molecule has 1 aliphatic heterocycles. The zero-order chi connectivity index (χ0) is 17.6. The Morgan fingerprint density at radius 2 is 1.80 bits per heavy atom. The van der Waals surface area contributed by atoms with Crippen LogP contribution in [-0.4, -0.2) is 65.3 Å². The van der Waals surface area contributed by atoms with Crippen LogP contribution in [0.3, 0.4) is 0 Å².